The first-order chi connectivity index (χ1) is 3.72. The largest absolute Gasteiger partial charge is 0.468 e. The number of carbonyl (C=O) groups excluding carboxylic acids is 1. The van der Waals surface area contributed by atoms with Crippen molar-refractivity contribution in [3.8, 4) is 0 Å². The highest BCUT2D eigenvalue weighted by molar-refractivity contribution is 14.1. The monoisotopic (exact) mass is 248 g/mol. The molecule has 1 atom stereocenters. The highest BCUT2D eigenvalue weighted by Gasteiger charge is 2.11. The van der Waals surface area contributed by atoms with Gasteiger partial charge in [-0.05, 0) is 0 Å². The first-order valence-corrected chi connectivity index (χ1v) is 3.78. The zero-order chi connectivity index (χ0) is 6.57. The van der Waals surface area contributed by atoms with Crippen molar-refractivity contribution in [2.24, 2.45) is 0 Å². The smallest absolute Gasteiger partial charge is 0.319 e. The van der Waals surface area contributed by atoms with Gasteiger partial charge in [-0.2, -0.15) is 0 Å². The Hall–Kier alpha value is 0.490. The summed E-state index contributed by atoms with van der Waals surface area (Å²) in [5.74, 6) is 0.0494. The van der Waals surface area contributed by atoms with Crippen LogP contribution in [-0.4, -0.2) is 22.9 Å². The second-order valence-corrected chi connectivity index (χ2v) is 2.96. The molecule has 48 valence electrons. The lowest BCUT2D eigenvalue weighted by atomic mass is 10.5. The number of esters is 1. The summed E-state index contributed by atoms with van der Waals surface area (Å²) in [7, 11) is 1.35. The van der Waals surface area contributed by atoms with Crippen molar-refractivity contribution in [3.05, 3.63) is 0 Å². The van der Waals surface area contributed by atoms with Crippen LogP contribution in [0.1, 0.15) is 0 Å². The van der Waals surface area contributed by atoms with Crippen LogP contribution in [0.3, 0.4) is 0 Å². The fourth-order valence-electron chi connectivity index (χ4n) is 0.191. The van der Waals surface area contributed by atoms with Crippen molar-refractivity contribution in [3.63, 3.8) is 0 Å². The van der Waals surface area contributed by atoms with Gasteiger partial charge in [0.1, 0.15) is 3.92 Å². The maximum atomic E-state index is 10.4. The molecule has 0 radical (unpaired) electrons. The number of ether oxygens (including phenoxy) is 1. The fraction of sp³-hybridized carbons (Fsp3) is 0.750. The molecule has 0 aromatic carbocycles. The molecule has 1 unspecified atom stereocenters. The molecule has 0 N–H and O–H groups in total. The Morgan fingerprint density at radius 2 is 2.50 bits per heavy atom. The van der Waals surface area contributed by atoms with E-state index in [0.29, 0.717) is 5.88 Å². The van der Waals surface area contributed by atoms with Crippen molar-refractivity contribution in [1.29, 1.82) is 0 Å². The van der Waals surface area contributed by atoms with Crippen molar-refractivity contribution in [1.82, 2.24) is 0 Å². The SMILES string of the molecule is COC(=O)C(I)CCl. The average molecular weight is 248 g/mol. The summed E-state index contributed by atoms with van der Waals surface area (Å²) >= 11 is 7.24. The van der Waals surface area contributed by atoms with Crippen LogP contribution in [-0.2, 0) is 9.53 Å². The average Bonchev–Trinajstić information content (AvgIpc) is 1.84. The quantitative estimate of drug-likeness (QED) is 0.417. The zero-order valence-corrected chi connectivity index (χ0v) is 7.27. The van der Waals surface area contributed by atoms with E-state index < -0.39 is 0 Å². The lowest BCUT2D eigenvalue weighted by Gasteiger charge is -1.99. The van der Waals surface area contributed by atoms with Gasteiger partial charge in [-0.1, -0.05) is 22.6 Å². The molecule has 0 aliphatic rings. The van der Waals surface area contributed by atoms with E-state index >= 15 is 0 Å². The Kier molecular flexibility index (Phi) is 4.64. The third-order valence-electron chi connectivity index (χ3n) is 0.592. The topological polar surface area (TPSA) is 26.3 Å². The van der Waals surface area contributed by atoms with Crippen LogP contribution >= 0.6 is 34.2 Å². The third kappa shape index (κ3) is 2.71. The van der Waals surface area contributed by atoms with Crippen molar-refractivity contribution in [2.75, 3.05) is 13.0 Å². The standard InChI is InChI=1S/C4H6ClIO2/c1-8-4(7)3(6)2-5/h3H,2H2,1H3. The van der Waals surface area contributed by atoms with E-state index in [-0.39, 0.29) is 9.89 Å². The molecule has 0 spiro atoms. The number of hydrogen-bond acceptors (Lipinski definition) is 2. The van der Waals surface area contributed by atoms with Crippen LogP contribution in [0.5, 0.6) is 0 Å². The second-order valence-electron chi connectivity index (χ2n) is 1.14. The van der Waals surface area contributed by atoms with Crippen LogP contribution in [0.4, 0.5) is 0 Å². The fourth-order valence-corrected chi connectivity index (χ4v) is 0.571. The van der Waals surface area contributed by atoms with E-state index in [4.69, 9.17) is 11.6 Å². The predicted molar refractivity (Wildman–Crippen MR) is 40.5 cm³/mol. The van der Waals surface area contributed by atoms with Gasteiger partial charge in [0.25, 0.3) is 0 Å². The van der Waals surface area contributed by atoms with E-state index in [1.807, 2.05) is 22.6 Å². The Labute approximate surface area is 66.7 Å². The van der Waals surface area contributed by atoms with E-state index in [2.05, 4.69) is 4.74 Å². The van der Waals surface area contributed by atoms with Gasteiger partial charge >= 0.3 is 5.97 Å². The molecule has 0 amide bonds. The highest BCUT2D eigenvalue weighted by atomic mass is 127. The van der Waals surface area contributed by atoms with Crippen LogP contribution in [0.15, 0.2) is 0 Å². The molecule has 0 aromatic heterocycles. The van der Waals surface area contributed by atoms with Crippen LogP contribution < -0.4 is 0 Å². The molecule has 4 heteroatoms. The number of hydrogen-bond donors (Lipinski definition) is 0. The lowest BCUT2D eigenvalue weighted by Crippen LogP contribution is -2.16. The minimum absolute atomic E-state index is 0.209. The molecule has 0 aliphatic carbocycles. The summed E-state index contributed by atoms with van der Waals surface area (Å²) in [5.41, 5.74) is 0. The van der Waals surface area contributed by atoms with Gasteiger partial charge in [0.2, 0.25) is 0 Å². The maximum Gasteiger partial charge on any atom is 0.319 e. The first kappa shape index (κ1) is 8.49. The highest BCUT2D eigenvalue weighted by Crippen LogP contribution is 2.03. The molecule has 0 rings (SSSR count). The van der Waals surface area contributed by atoms with Crippen molar-refractivity contribution >= 4 is 40.2 Å². The normalized spacial score (nSPS) is 12.9. The molecule has 0 saturated heterocycles. The van der Waals surface area contributed by atoms with Gasteiger partial charge in [-0.3, -0.25) is 4.79 Å². The number of methoxy groups -OCH3 is 1. The van der Waals surface area contributed by atoms with E-state index in [0.717, 1.165) is 0 Å². The number of halogens is 2. The molecule has 8 heavy (non-hydrogen) atoms. The lowest BCUT2D eigenvalue weighted by molar-refractivity contribution is -0.139. The van der Waals surface area contributed by atoms with E-state index in [1.54, 1.807) is 0 Å². The molecular weight excluding hydrogens is 242 g/mol. The van der Waals surface area contributed by atoms with E-state index in [9.17, 15) is 4.79 Å². The molecule has 0 aliphatic heterocycles. The molecular formula is C4H6ClIO2. The van der Waals surface area contributed by atoms with Crippen molar-refractivity contribution in [2.45, 2.75) is 3.92 Å². The third-order valence-corrected chi connectivity index (χ3v) is 2.37. The summed E-state index contributed by atoms with van der Waals surface area (Å²) in [4.78, 5) is 10.4. The summed E-state index contributed by atoms with van der Waals surface area (Å²) in [6.07, 6.45) is 0. The summed E-state index contributed by atoms with van der Waals surface area (Å²) < 4.78 is 4.16. The number of alkyl halides is 2. The predicted octanol–water partition coefficient (Wildman–Crippen LogP) is 1.20. The van der Waals surface area contributed by atoms with Gasteiger partial charge in [-0.25, -0.2) is 0 Å². The Morgan fingerprint density at radius 1 is 2.00 bits per heavy atom. The van der Waals surface area contributed by atoms with Gasteiger partial charge in [-0.15, -0.1) is 11.6 Å². The molecule has 2 nitrogen and oxygen atoms in total. The molecule has 0 heterocycles. The maximum absolute atomic E-state index is 10.4. The summed E-state index contributed by atoms with van der Waals surface area (Å²) in [5, 5.41) is 0. The van der Waals surface area contributed by atoms with Crippen LogP contribution in [0, 0.1) is 0 Å². The molecule has 0 fully saturated rings. The Morgan fingerprint density at radius 3 is 2.62 bits per heavy atom. The van der Waals surface area contributed by atoms with Gasteiger partial charge in [0.15, 0.2) is 0 Å². The van der Waals surface area contributed by atoms with Crippen LogP contribution in [0.25, 0.3) is 0 Å². The summed E-state index contributed by atoms with van der Waals surface area (Å²) in [6, 6.07) is 0. The van der Waals surface area contributed by atoms with Gasteiger partial charge in [0, 0.05) is 5.88 Å². The minimum atomic E-state index is -0.263. The summed E-state index contributed by atoms with van der Waals surface area (Å²) in [6.45, 7) is 0. The molecule has 0 bridgehead atoms. The Balaban J connectivity index is 3.46. The van der Waals surface area contributed by atoms with Gasteiger partial charge < -0.3 is 4.74 Å². The first-order valence-electron chi connectivity index (χ1n) is 2.00. The zero-order valence-electron chi connectivity index (χ0n) is 4.36. The van der Waals surface area contributed by atoms with E-state index in [1.165, 1.54) is 7.11 Å². The minimum Gasteiger partial charge on any atom is -0.468 e. The van der Waals surface area contributed by atoms with Crippen molar-refractivity contribution < 1.29 is 9.53 Å². The number of carbonyl (C=O) groups is 1. The molecule has 0 saturated carbocycles. The number of rotatable bonds is 2. The van der Waals surface area contributed by atoms with Gasteiger partial charge in [0.05, 0.1) is 7.11 Å². The second kappa shape index (κ2) is 4.38. The molecule has 0 aromatic rings. The Bertz CT molecular complexity index is 86.1. The van der Waals surface area contributed by atoms with Crippen LogP contribution in [0.2, 0.25) is 0 Å².